The number of anilines is 1. The fourth-order valence-corrected chi connectivity index (χ4v) is 3.23. The molecular formula is C19H22N5O2+. The Bertz CT molecular complexity index is 957. The van der Waals surface area contributed by atoms with Gasteiger partial charge in [0.15, 0.2) is 11.6 Å². The summed E-state index contributed by atoms with van der Waals surface area (Å²) in [6, 6.07) is 5.82. The van der Waals surface area contributed by atoms with Crippen LogP contribution in [0, 0.1) is 0 Å². The third kappa shape index (κ3) is 3.01. The number of hydrogen-bond donors (Lipinski definition) is 1. The van der Waals surface area contributed by atoms with Gasteiger partial charge < -0.3 is 14.5 Å². The highest BCUT2D eigenvalue weighted by Crippen LogP contribution is 2.34. The Morgan fingerprint density at radius 3 is 2.69 bits per heavy atom. The highest BCUT2D eigenvalue weighted by Gasteiger charge is 2.28. The third-order valence-corrected chi connectivity index (χ3v) is 4.93. The fraction of sp³-hybridized carbons (Fsp3) is 0.316. The number of aliphatic hydroxyl groups excluding tert-OH is 1. The molecule has 1 saturated heterocycles. The van der Waals surface area contributed by atoms with Gasteiger partial charge in [-0.1, -0.05) is 6.07 Å². The summed E-state index contributed by atoms with van der Waals surface area (Å²) >= 11 is 0. The Kier molecular flexibility index (Phi) is 3.88. The molecular weight excluding hydrogens is 330 g/mol. The Morgan fingerprint density at radius 1 is 1.19 bits per heavy atom. The van der Waals surface area contributed by atoms with Crippen molar-refractivity contribution in [2.75, 3.05) is 45.2 Å². The standard InChI is InChI=1S/C19H21N5O2/c1-24(2)11-9-22(10-12-24)19-18(16-5-3-4-8-23(16)21-19)20-15-7-6-14(25)13-17(15)26/h3-8,13H,9-12H2,1-2H3/p+1. The molecule has 0 unspecified atom stereocenters. The molecule has 1 fully saturated rings. The molecule has 3 heterocycles. The Labute approximate surface area is 151 Å². The van der Waals surface area contributed by atoms with E-state index in [1.165, 1.54) is 12.2 Å². The number of aromatic nitrogens is 2. The lowest BCUT2D eigenvalue weighted by molar-refractivity contribution is -0.890. The maximum Gasteiger partial charge on any atom is 0.182 e. The molecule has 0 radical (unpaired) electrons. The van der Waals surface area contributed by atoms with Crippen LogP contribution < -0.4 is 4.90 Å². The second-order valence-corrected chi connectivity index (χ2v) is 7.33. The molecule has 0 atom stereocenters. The monoisotopic (exact) mass is 352 g/mol. The van der Waals surface area contributed by atoms with Crippen LogP contribution >= 0.6 is 0 Å². The highest BCUT2D eigenvalue weighted by molar-refractivity contribution is 6.19. The van der Waals surface area contributed by atoms with Crippen molar-refractivity contribution in [2.45, 2.75) is 0 Å². The normalized spacial score (nSPS) is 21.5. The number of carbonyl (C=O) groups is 1. The summed E-state index contributed by atoms with van der Waals surface area (Å²) in [7, 11) is 4.46. The molecule has 0 spiro atoms. The fourth-order valence-electron chi connectivity index (χ4n) is 3.23. The maximum absolute atomic E-state index is 11.4. The summed E-state index contributed by atoms with van der Waals surface area (Å²) in [6.07, 6.45) is 6.03. The van der Waals surface area contributed by atoms with E-state index in [4.69, 9.17) is 5.10 Å². The number of hydrogen-bond acceptors (Lipinski definition) is 5. The third-order valence-electron chi connectivity index (χ3n) is 4.93. The number of rotatable bonds is 2. The van der Waals surface area contributed by atoms with Crippen LogP contribution in [0.1, 0.15) is 0 Å². The zero-order chi connectivity index (χ0) is 18.3. The summed E-state index contributed by atoms with van der Waals surface area (Å²) in [4.78, 5) is 18.3. The van der Waals surface area contributed by atoms with E-state index in [1.54, 1.807) is 6.08 Å². The van der Waals surface area contributed by atoms with Crippen LogP contribution in [0.5, 0.6) is 0 Å². The summed E-state index contributed by atoms with van der Waals surface area (Å²) in [5, 5.41) is 14.8. The maximum atomic E-state index is 11.4. The van der Waals surface area contributed by atoms with Crippen molar-refractivity contribution < 1.29 is 14.4 Å². The van der Waals surface area contributed by atoms with E-state index in [9.17, 15) is 9.90 Å². The second-order valence-electron chi connectivity index (χ2n) is 7.33. The predicted molar refractivity (Wildman–Crippen MR) is 101 cm³/mol. The number of carbonyl (C=O) groups excluding carboxylic acids is 1. The summed E-state index contributed by atoms with van der Waals surface area (Å²) in [6.45, 7) is 3.85. The molecule has 26 heavy (non-hydrogen) atoms. The largest absolute Gasteiger partial charge is 0.506 e. The van der Waals surface area contributed by atoms with Gasteiger partial charge in [-0.3, -0.25) is 4.79 Å². The van der Waals surface area contributed by atoms with Crippen molar-refractivity contribution in [1.82, 2.24) is 9.61 Å². The van der Waals surface area contributed by atoms with Crippen LogP contribution in [0.3, 0.4) is 0 Å². The van der Waals surface area contributed by atoms with Gasteiger partial charge in [0, 0.05) is 12.3 Å². The van der Waals surface area contributed by atoms with Crippen LogP contribution in [0.25, 0.3) is 5.52 Å². The Hall–Kier alpha value is -2.93. The van der Waals surface area contributed by atoms with Crippen molar-refractivity contribution in [3.63, 3.8) is 0 Å². The first-order valence-corrected chi connectivity index (χ1v) is 8.69. The van der Waals surface area contributed by atoms with Crippen molar-refractivity contribution >= 4 is 28.5 Å². The van der Waals surface area contributed by atoms with Gasteiger partial charge in [-0.05, 0) is 24.3 Å². The minimum atomic E-state index is -0.238. The van der Waals surface area contributed by atoms with Gasteiger partial charge in [0.1, 0.15) is 17.2 Å². The van der Waals surface area contributed by atoms with Crippen LogP contribution in [-0.2, 0) is 4.79 Å². The van der Waals surface area contributed by atoms with Gasteiger partial charge in [0.25, 0.3) is 0 Å². The molecule has 0 amide bonds. The number of aliphatic imine (C=N–C) groups is 1. The van der Waals surface area contributed by atoms with Gasteiger partial charge in [-0.15, -0.1) is 5.10 Å². The Balaban J connectivity index is 1.79. The van der Waals surface area contributed by atoms with E-state index in [0.717, 1.165) is 42.0 Å². The molecule has 0 bridgehead atoms. The molecule has 1 aliphatic carbocycles. The van der Waals surface area contributed by atoms with E-state index in [-0.39, 0.29) is 11.5 Å². The van der Waals surface area contributed by atoms with Crippen molar-refractivity contribution in [1.29, 1.82) is 0 Å². The molecule has 7 heteroatoms. The first-order valence-electron chi connectivity index (χ1n) is 8.69. The van der Waals surface area contributed by atoms with E-state index in [0.29, 0.717) is 11.4 Å². The minimum Gasteiger partial charge on any atom is -0.506 e. The van der Waals surface area contributed by atoms with Crippen molar-refractivity contribution in [2.24, 2.45) is 4.99 Å². The topological polar surface area (TPSA) is 70.2 Å². The highest BCUT2D eigenvalue weighted by atomic mass is 16.3. The van der Waals surface area contributed by atoms with Crippen LogP contribution in [0.4, 0.5) is 11.5 Å². The molecule has 1 aliphatic heterocycles. The van der Waals surface area contributed by atoms with E-state index in [2.05, 4.69) is 24.0 Å². The lowest BCUT2D eigenvalue weighted by Gasteiger charge is -2.39. The number of nitrogens with zero attached hydrogens (tertiary/aromatic N) is 5. The number of quaternary nitrogens is 1. The molecule has 0 aromatic carbocycles. The molecule has 134 valence electrons. The summed E-state index contributed by atoms with van der Waals surface area (Å²) < 4.78 is 2.80. The number of pyridine rings is 1. The number of aliphatic hydroxyl groups is 1. The average Bonchev–Trinajstić information content (AvgIpc) is 2.96. The van der Waals surface area contributed by atoms with Crippen LogP contribution in [0.15, 0.2) is 53.4 Å². The number of piperazine rings is 1. The van der Waals surface area contributed by atoms with Gasteiger partial charge >= 0.3 is 0 Å². The van der Waals surface area contributed by atoms with Gasteiger partial charge in [0.2, 0.25) is 0 Å². The molecule has 2 aromatic heterocycles. The molecule has 0 saturated carbocycles. The summed E-state index contributed by atoms with van der Waals surface area (Å²) in [5.74, 6) is 0.453. The SMILES string of the molecule is C[N+]1(C)CCN(c2nn3ccccc3c2N=C2C=CC(=O)C=C2O)CC1. The molecule has 2 aliphatic rings. The number of allylic oxidation sites excluding steroid dienone is 3. The first-order chi connectivity index (χ1) is 12.4. The predicted octanol–water partition coefficient (Wildman–Crippen LogP) is 1.88. The Morgan fingerprint density at radius 2 is 1.96 bits per heavy atom. The zero-order valence-corrected chi connectivity index (χ0v) is 15.0. The number of fused-ring (bicyclic) bond motifs is 1. The van der Waals surface area contributed by atoms with E-state index < -0.39 is 0 Å². The lowest BCUT2D eigenvalue weighted by atomic mass is 10.1. The zero-order valence-electron chi connectivity index (χ0n) is 15.0. The molecule has 7 nitrogen and oxygen atoms in total. The lowest BCUT2D eigenvalue weighted by Crippen LogP contribution is -2.55. The number of ketones is 1. The minimum absolute atomic E-state index is 0.116. The van der Waals surface area contributed by atoms with E-state index >= 15 is 0 Å². The van der Waals surface area contributed by atoms with Crippen molar-refractivity contribution in [3.8, 4) is 0 Å². The molecule has 1 N–H and O–H groups in total. The second kappa shape index (κ2) is 6.10. The van der Waals surface area contributed by atoms with Crippen LogP contribution in [0.2, 0.25) is 0 Å². The van der Waals surface area contributed by atoms with Crippen LogP contribution in [-0.4, -0.2) is 71.0 Å². The van der Waals surface area contributed by atoms with Gasteiger partial charge in [-0.25, -0.2) is 9.51 Å². The van der Waals surface area contributed by atoms with E-state index in [1.807, 2.05) is 28.9 Å². The number of likely N-dealkylation sites (N-methyl/N-ethyl adjacent to an activating group) is 1. The van der Waals surface area contributed by atoms with Crippen molar-refractivity contribution in [3.05, 3.63) is 48.4 Å². The summed E-state index contributed by atoms with van der Waals surface area (Å²) in [5.41, 5.74) is 1.96. The van der Waals surface area contributed by atoms with Gasteiger partial charge in [-0.2, -0.15) is 0 Å². The van der Waals surface area contributed by atoms with Gasteiger partial charge in [0.05, 0.1) is 45.8 Å². The molecule has 4 rings (SSSR count). The smallest absolute Gasteiger partial charge is 0.182 e. The molecule has 2 aromatic rings. The first kappa shape index (κ1) is 16.5. The average molecular weight is 352 g/mol. The quantitative estimate of drug-likeness (QED) is 0.662.